The normalized spacial score (nSPS) is 27.7. The molecule has 1 aromatic carbocycles. The Balaban J connectivity index is 1.31. The van der Waals surface area contributed by atoms with Gasteiger partial charge in [0.2, 0.25) is 0 Å². The van der Waals surface area contributed by atoms with Crippen molar-refractivity contribution in [3.05, 3.63) is 81.0 Å². The molecule has 5 heteroatoms. The number of carbonyl (C=O) groups is 1. The van der Waals surface area contributed by atoms with Crippen LogP contribution >= 0.6 is 0 Å². The van der Waals surface area contributed by atoms with Crippen molar-refractivity contribution in [1.82, 2.24) is 10.3 Å². The van der Waals surface area contributed by atoms with Gasteiger partial charge >= 0.3 is 0 Å². The van der Waals surface area contributed by atoms with Crippen molar-refractivity contribution >= 4 is 23.8 Å². The van der Waals surface area contributed by atoms with Crippen molar-refractivity contribution in [2.24, 2.45) is 17.8 Å². The first-order valence-electron chi connectivity index (χ1n) is 17.1. The number of aromatic nitrogens is 1. The second-order valence-electron chi connectivity index (χ2n) is 13.8. The fourth-order valence-corrected chi connectivity index (χ4v) is 7.69. The molecule has 6 rings (SSSR count). The van der Waals surface area contributed by atoms with E-state index in [4.69, 9.17) is 14.5 Å². The fourth-order valence-electron chi connectivity index (χ4n) is 7.69. The molecule has 5 nitrogen and oxygen atoms in total. The zero-order valence-electron chi connectivity index (χ0n) is 26.9. The van der Waals surface area contributed by atoms with Crippen LogP contribution in [-0.2, 0) is 9.47 Å². The van der Waals surface area contributed by atoms with Crippen molar-refractivity contribution in [1.29, 1.82) is 0 Å². The number of carbonyl (C=O) groups excluding carboxylic acids is 1. The van der Waals surface area contributed by atoms with Gasteiger partial charge in [-0.05, 0) is 99.8 Å². The van der Waals surface area contributed by atoms with Crippen LogP contribution in [0.25, 0.3) is 18.0 Å². The summed E-state index contributed by atoms with van der Waals surface area (Å²) in [5.41, 5.74) is 6.80. The Morgan fingerprint density at radius 3 is 2.70 bits per heavy atom. The fraction of sp³-hybridized carbons (Fsp3) is 0.538. The smallest absolute Gasteiger partial charge is 0.163 e. The lowest BCUT2D eigenvalue weighted by molar-refractivity contribution is 0.0953. The third kappa shape index (κ3) is 7.26. The number of hydrogen-bond acceptors (Lipinski definition) is 5. The van der Waals surface area contributed by atoms with E-state index >= 15 is 0 Å². The van der Waals surface area contributed by atoms with E-state index < -0.39 is 0 Å². The summed E-state index contributed by atoms with van der Waals surface area (Å²) in [6.45, 7) is 9.97. The number of fused-ring (bicyclic) bond motifs is 1. The van der Waals surface area contributed by atoms with Crippen LogP contribution in [0.2, 0.25) is 0 Å². The maximum Gasteiger partial charge on any atom is 0.163 e. The highest BCUT2D eigenvalue weighted by molar-refractivity contribution is 5.97. The molecule has 4 heterocycles. The molecule has 0 spiro atoms. The second kappa shape index (κ2) is 14.4. The zero-order valence-corrected chi connectivity index (χ0v) is 26.9. The minimum Gasteiger partial charge on any atom is -0.381 e. The highest BCUT2D eigenvalue weighted by atomic mass is 16.5. The van der Waals surface area contributed by atoms with Gasteiger partial charge in [0, 0.05) is 78.3 Å². The molecular formula is C39H50N2O3. The van der Waals surface area contributed by atoms with E-state index in [0.29, 0.717) is 36.0 Å². The predicted molar refractivity (Wildman–Crippen MR) is 179 cm³/mol. The molecule has 2 aromatic rings. The lowest BCUT2D eigenvalue weighted by Crippen LogP contribution is -2.35. The van der Waals surface area contributed by atoms with Gasteiger partial charge in [-0.25, -0.2) is 0 Å². The quantitative estimate of drug-likeness (QED) is 0.288. The van der Waals surface area contributed by atoms with E-state index in [0.717, 1.165) is 94.6 Å². The predicted octanol–water partition coefficient (Wildman–Crippen LogP) is 7.01. The van der Waals surface area contributed by atoms with Gasteiger partial charge in [-0.3, -0.25) is 9.78 Å². The number of nitrogens with zero attached hydrogens (tertiary/aromatic N) is 1. The maximum atomic E-state index is 13.4. The van der Waals surface area contributed by atoms with Gasteiger partial charge < -0.3 is 14.8 Å². The van der Waals surface area contributed by atoms with Crippen molar-refractivity contribution in [2.45, 2.75) is 90.4 Å². The second-order valence-corrected chi connectivity index (χ2v) is 13.8. The summed E-state index contributed by atoms with van der Waals surface area (Å²) in [4.78, 5) is 18.8. The number of benzene rings is 1. The molecule has 3 aliphatic heterocycles. The lowest BCUT2D eigenvalue weighted by Gasteiger charge is -2.23. The van der Waals surface area contributed by atoms with Crippen LogP contribution in [0, 0.1) is 17.8 Å². The summed E-state index contributed by atoms with van der Waals surface area (Å²) < 4.78 is 11.9. The molecule has 4 aliphatic rings. The number of hydrogen-bond donors (Lipinski definition) is 1. The first-order valence-corrected chi connectivity index (χ1v) is 17.1. The summed E-state index contributed by atoms with van der Waals surface area (Å²) in [5.74, 6) is 2.44. The van der Waals surface area contributed by atoms with Crippen molar-refractivity contribution in [3.63, 3.8) is 0 Å². The van der Waals surface area contributed by atoms with Crippen LogP contribution in [0.3, 0.4) is 0 Å². The molecule has 1 saturated carbocycles. The molecule has 2 unspecified atom stereocenters. The Labute approximate surface area is 263 Å². The van der Waals surface area contributed by atoms with Crippen LogP contribution in [0.4, 0.5) is 0 Å². The number of nitrogens with one attached hydrogen (secondary N) is 1. The van der Waals surface area contributed by atoms with E-state index in [-0.39, 0.29) is 5.78 Å². The molecule has 234 valence electrons. The Morgan fingerprint density at radius 2 is 1.86 bits per heavy atom. The minimum absolute atomic E-state index is 0.258. The number of pyridine rings is 1. The van der Waals surface area contributed by atoms with Crippen LogP contribution in [-0.4, -0.2) is 37.2 Å². The summed E-state index contributed by atoms with van der Waals surface area (Å²) in [6, 6.07) is 10.5. The topological polar surface area (TPSA) is 60.5 Å². The summed E-state index contributed by atoms with van der Waals surface area (Å²) in [7, 11) is 0. The number of Topliss-reactive ketones (excluding diaryl/α,β-unsaturated/α-hetero) is 1. The molecule has 0 radical (unpaired) electrons. The maximum absolute atomic E-state index is 13.4. The average Bonchev–Trinajstić information content (AvgIpc) is 3.50. The van der Waals surface area contributed by atoms with E-state index in [1.165, 1.54) is 21.8 Å². The molecular weight excluding hydrogens is 544 g/mol. The first-order chi connectivity index (χ1) is 21.5. The van der Waals surface area contributed by atoms with Crippen LogP contribution < -0.4 is 15.8 Å². The minimum atomic E-state index is 0.258. The number of rotatable bonds is 6. The molecule has 4 atom stereocenters. The monoisotopic (exact) mass is 594 g/mol. The van der Waals surface area contributed by atoms with E-state index in [1.54, 1.807) is 5.57 Å². The highest BCUT2D eigenvalue weighted by Crippen LogP contribution is 2.33. The van der Waals surface area contributed by atoms with Crippen LogP contribution in [0.15, 0.2) is 48.1 Å². The summed E-state index contributed by atoms with van der Waals surface area (Å²) in [6.07, 6.45) is 18.2. The molecule has 2 saturated heterocycles. The lowest BCUT2D eigenvalue weighted by atomic mass is 9.82. The number of ketones is 1. The molecule has 44 heavy (non-hydrogen) atoms. The van der Waals surface area contributed by atoms with Gasteiger partial charge in [0.15, 0.2) is 5.78 Å². The van der Waals surface area contributed by atoms with Gasteiger partial charge in [0.1, 0.15) is 0 Å². The van der Waals surface area contributed by atoms with Gasteiger partial charge in [-0.15, -0.1) is 0 Å². The van der Waals surface area contributed by atoms with Gasteiger partial charge in [-0.1, -0.05) is 49.8 Å². The molecule has 1 N–H and O–H groups in total. The standard InChI is InChI=1S/C39H50N2O3/c1-4-28-10-12-29(13-11-28)20-38(42)31-8-5-7-30(21-31)36-15-14-35-33(23-40-36)22-37(34-9-6-17-43-25-27(34)3)41-39(35)32-16-18-44-24-26(2)19-32/h4-5,7-8,14-15,21-23,26-27,29,32,34,40H,6,9-13,16-20,24-25H2,1-3H3/t26-,27+,29?,32?,34?/m1/s1. The third-order valence-corrected chi connectivity index (χ3v) is 10.4. The van der Waals surface area contributed by atoms with Crippen LogP contribution in [0.5, 0.6) is 0 Å². The van der Waals surface area contributed by atoms with E-state index in [9.17, 15) is 4.79 Å². The zero-order chi connectivity index (χ0) is 30.5. The Kier molecular flexibility index (Phi) is 10.1. The SMILES string of the molecule is CC=C1CCC(CC(=O)c2cccc(C3=CC=c4c(C5CCOC[C@H](C)C5)nc(C5CCCOC[C@@H]5C)cc4=CN3)c2)CC1. The van der Waals surface area contributed by atoms with E-state index in [2.05, 4.69) is 68.7 Å². The molecule has 3 fully saturated rings. The van der Waals surface area contributed by atoms with Gasteiger partial charge in [0.05, 0.1) is 5.69 Å². The third-order valence-electron chi connectivity index (χ3n) is 10.4. The molecule has 0 bridgehead atoms. The summed E-state index contributed by atoms with van der Waals surface area (Å²) >= 11 is 0. The van der Waals surface area contributed by atoms with Crippen LogP contribution in [0.1, 0.15) is 118 Å². The average molecular weight is 595 g/mol. The number of allylic oxidation sites excluding steroid dienone is 3. The Hall–Kier alpha value is -3.02. The number of ether oxygens (including phenoxy) is 2. The first kappa shape index (κ1) is 31.0. The Bertz CT molecular complexity index is 1510. The summed E-state index contributed by atoms with van der Waals surface area (Å²) in [5, 5.41) is 6.03. The molecule has 0 amide bonds. The van der Waals surface area contributed by atoms with Crippen molar-refractivity contribution in [3.8, 4) is 0 Å². The largest absolute Gasteiger partial charge is 0.381 e. The van der Waals surface area contributed by atoms with Crippen molar-refractivity contribution < 1.29 is 14.3 Å². The highest BCUT2D eigenvalue weighted by Gasteiger charge is 2.27. The van der Waals surface area contributed by atoms with Crippen molar-refractivity contribution in [2.75, 3.05) is 26.4 Å². The van der Waals surface area contributed by atoms with Gasteiger partial charge in [0.25, 0.3) is 0 Å². The van der Waals surface area contributed by atoms with E-state index in [1.807, 2.05) is 12.1 Å². The Morgan fingerprint density at radius 1 is 1.02 bits per heavy atom. The van der Waals surface area contributed by atoms with Gasteiger partial charge in [-0.2, -0.15) is 0 Å². The molecule has 1 aromatic heterocycles. The molecule has 1 aliphatic carbocycles.